The number of ether oxygens (including phenoxy) is 1. The van der Waals surface area contributed by atoms with E-state index in [1.54, 1.807) is 0 Å². The number of benzene rings is 1. The van der Waals surface area contributed by atoms with E-state index >= 15 is 0 Å². The highest BCUT2D eigenvalue weighted by atomic mass is 19.4. The maximum Gasteiger partial charge on any atom is 0.422 e. The van der Waals surface area contributed by atoms with Gasteiger partial charge in [0.2, 0.25) is 0 Å². The van der Waals surface area contributed by atoms with Gasteiger partial charge in [0.15, 0.2) is 12.9 Å². The standard InChI is InChI=1S/C9H5F5O2/c10-7-1-5(16-4-9(12,13)14)2-8(11)6(7)3-15/h1-3H,4H2. The van der Waals surface area contributed by atoms with Crippen molar-refractivity contribution in [3.63, 3.8) is 0 Å². The Morgan fingerprint density at radius 3 is 2.06 bits per heavy atom. The van der Waals surface area contributed by atoms with Crippen LogP contribution in [0.1, 0.15) is 10.4 Å². The Morgan fingerprint density at radius 1 is 1.19 bits per heavy atom. The lowest BCUT2D eigenvalue weighted by Gasteiger charge is -2.09. The first-order valence-electron chi connectivity index (χ1n) is 3.97. The zero-order valence-corrected chi connectivity index (χ0v) is 7.65. The molecule has 0 aliphatic carbocycles. The zero-order chi connectivity index (χ0) is 12.3. The van der Waals surface area contributed by atoms with Gasteiger partial charge in [-0.05, 0) is 0 Å². The SMILES string of the molecule is O=Cc1c(F)cc(OCC(F)(F)F)cc1F. The van der Waals surface area contributed by atoms with Crippen molar-refractivity contribution < 1.29 is 31.5 Å². The second-order valence-electron chi connectivity index (χ2n) is 2.82. The van der Waals surface area contributed by atoms with Crippen molar-refractivity contribution in [3.05, 3.63) is 29.3 Å². The summed E-state index contributed by atoms with van der Waals surface area (Å²) in [6.07, 6.45) is -4.67. The van der Waals surface area contributed by atoms with Gasteiger partial charge in [-0.25, -0.2) is 8.78 Å². The quantitative estimate of drug-likeness (QED) is 0.599. The van der Waals surface area contributed by atoms with E-state index in [-0.39, 0.29) is 6.29 Å². The van der Waals surface area contributed by atoms with Crippen molar-refractivity contribution >= 4 is 6.29 Å². The molecule has 88 valence electrons. The van der Waals surface area contributed by atoms with E-state index < -0.39 is 35.7 Å². The van der Waals surface area contributed by atoms with Gasteiger partial charge in [0.1, 0.15) is 17.4 Å². The average Bonchev–Trinajstić information content (AvgIpc) is 2.13. The highest BCUT2D eigenvalue weighted by Crippen LogP contribution is 2.22. The summed E-state index contributed by atoms with van der Waals surface area (Å²) in [5.74, 6) is -3.17. The normalized spacial score (nSPS) is 11.3. The Kier molecular flexibility index (Phi) is 3.46. The topological polar surface area (TPSA) is 26.3 Å². The molecule has 0 atom stereocenters. The molecule has 0 aliphatic heterocycles. The summed E-state index contributed by atoms with van der Waals surface area (Å²) in [5.41, 5.74) is -0.848. The van der Waals surface area contributed by atoms with Crippen molar-refractivity contribution in [1.82, 2.24) is 0 Å². The number of rotatable bonds is 3. The molecular weight excluding hydrogens is 235 g/mol. The van der Waals surface area contributed by atoms with Crippen molar-refractivity contribution in [1.29, 1.82) is 0 Å². The van der Waals surface area contributed by atoms with Gasteiger partial charge in [-0.15, -0.1) is 0 Å². The number of carbonyl (C=O) groups is 1. The lowest BCUT2D eigenvalue weighted by Crippen LogP contribution is -2.19. The second-order valence-corrected chi connectivity index (χ2v) is 2.82. The van der Waals surface area contributed by atoms with Crippen molar-refractivity contribution in [2.75, 3.05) is 6.61 Å². The van der Waals surface area contributed by atoms with Crippen LogP contribution < -0.4 is 4.74 Å². The van der Waals surface area contributed by atoms with Gasteiger partial charge in [0, 0.05) is 12.1 Å². The molecule has 0 N–H and O–H groups in total. The van der Waals surface area contributed by atoms with Crippen LogP contribution in [0.15, 0.2) is 12.1 Å². The van der Waals surface area contributed by atoms with Crippen LogP contribution in [0.25, 0.3) is 0 Å². The fourth-order valence-corrected chi connectivity index (χ4v) is 0.922. The molecule has 0 fully saturated rings. The third kappa shape index (κ3) is 3.18. The van der Waals surface area contributed by atoms with Crippen molar-refractivity contribution in [3.8, 4) is 5.75 Å². The van der Waals surface area contributed by atoms with Gasteiger partial charge in [-0.3, -0.25) is 4.79 Å². The van der Waals surface area contributed by atoms with Crippen LogP contribution in [0.4, 0.5) is 22.0 Å². The van der Waals surface area contributed by atoms with Crippen molar-refractivity contribution in [2.45, 2.75) is 6.18 Å². The Balaban J connectivity index is 2.88. The lowest BCUT2D eigenvalue weighted by molar-refractivity contribution is -0.153. The third-order valence-electron chi connectivity index (χ3n) is 1.57. The van der Waals surface area contributed by atoms with Gasteiger partial charge >= 0.3 is 6.18 Å². The first-order valence-corrected chi connectivity index (χ1v) is 3.97. The van der Waals surface area contributed by atoms with Crippen LogP contribution in [0.3, 0.4) is 0 Å². The molecule has 7 heteroatoms. The number of alkyl halides is 3. The first kappa shape index (κ1) is 12.4. The Bertz CT molecular complexity index is 376. The molecule has 0 saturated carbocycles. The Hall–Kier alpha value is -1.66. The van der Waals surface area contributed by atoms with E-state index in [9.17, 15) is 26.7 Å². The molecule has 0 unspecified atom stereocenters. The van der Waals surface area contributed by atoms with Crippen LogP contribution in [-0.4, -0.2) is 19.1 Å². The van der Waals surface area contributed by atoms with Crippen LogP contribution in [0.5, 0.6) is 5.75 Å². The Morgan fingerprint density at radius 2 is 1.69 bits per heavy atom. The van der Waals surface area contributed by atoms with E-state index in [2.05, 4.69) is 4.74 Å². The molecule has 0 radical (unpaired) electrons. The fraction of sp³-hybridized carbons (Fsp3) is 0.222. The van der Waals surface area contributed by atoms with E-state index in [4.69, 9.17) is 0 Å². The minimum atomic E-state index is -4.60. The molecule has 1 rings (SSSR count). The van der Waals surface area contributed by atoms with Crippen LogP contribution in [0, 0.1) is 11.6 Å². The van der Waals surface area contributed by atoms with Gasteiger partial charge in [0.25, 0.3) is 0 Å². The summed E-state index contributed by atoms with van der Waals surface area (Å²) in [7, 11) is 0. The molecule has 0 bridgehead atoms. The van der Waals surface area contributed by atoms with Crippen LogP contribution >= 0.6 is 0 Å². The number of hydrogen-bond acceptors (Lipinski definition) is 2. The minimum Gasteiger partial charge on any atom is -0.484 e. The smallest absolute Gasteiger partial charge is 0.422 e. The summed E-state index contributed by atoms with van der Waals surface area (Å²) in [4.78, 5) is 10.2. The lowest BCUT2D eigenvalue weighted by atomic mass is 10.2. The summed E-state index contributed by atoms with van der Waals surface area (Å²) in [5, 5.41) is 0. The number of halogens is 5. The number of aldehydes is 1. The van der Waals surface area contributed by atoms with Gasteiger partial charge < -0.3 is 4.74 Å². The van der Waals surface area contributed by atoms with Crippen molar-refractivity contribution in [2.24, 2.45) is 0 Å². The Labute approximate surface area is 86.6 Å². The molecule has 1 aromatic rings. The minimum absolute atomic E-state index is 0.0712. The van der Waals surface area contributed by atoms with Crippen LogP contribution in [0.2, 0.25) is 0 Å². The molecule has 0 aliphatic rings. The summed E-state index contributed by atoms with van der Waals surface area (Å²) in [6, 6.07) is 1.02. The van der Waals surface area contributed by atoms with Gasteiger partial charge in [-0.1, -0.05) is 0 Å². The van der Waals surface area contributed by atoms with E-state index in [0.29, 0.717) is 12.1 Å². The number of hydrogen-bond donors (Lipinski definition) is 0. The predicted molar refractivity (Wildman–Crippen MR) is 43.3 cm³/mol. The molecule has 0 saturated heterocycles. The molecule has 0 spiro atoms. The van der Waals surface area contributed by atoms with Gasteiger partial charge in [-0.2, -0.15) is 13.2 Å². The second kappa shape index (κ2) is 4.46. The van der Waals surface area contributed by atoms with Gasteiger partial charge in [0.05, 0.1) is 5.56 Å². The molecule has 1 aromatic carbocycles. The molecule has 0 aromatic heterocycles. The van der Waals surface area contributed by atoms with E-state index in [0.717, 1.165) is 0 Å². The van der Waals surface area contributed by atoms with E-state index in [1.807, 2.05) is 0 Å². The maximum atomic E-state index is 12.9. The zero-order valence-electron chi connectivity index (χ0n) is 7.65. The van der Waals surface area contributed by atoms with E-state index in [1.165, 1.54) is 0 Å². The third-order valence-corrected chi connectivity index (χ3v) is 1.57. The van der Waals surface area contributed by atoms with Crippen LogP contribution in [-0.2, 0) is 0 Å². The monoisotopic (exact) mass is 240 g/mol. The molecule has 0 amide bonds. The molecule has 0 heterocycles. The molecule has 16 heavy (non-hydrogen) atoms. The highest BCUT2D eigenvalue weighted by molar-refractivity contribution is 5.75. The first-order chi connectivity index (χ1) is 7.33. The molecule has 2 nitrogen and oxygen atoms in total. The maximum absolute atomic E-state index is 12.9. The number of carbonyl (C=O) groups excluding carboxylic acids is 1. The highest BCUT2D eigenvalue weighted by Gasteiger charge is 2.28. The average molecular weight is 240 g/mol. The predicted octanol–water partition coefficient (Wildman–Crippen LogP) is 2.72. The largest absolute Gasteiger partial charge is 0.484 e. The fourth-order valence-electron chi connectivity index (χ4n) is 0.922. The molecular formula is C9H5F5O2. The summed E-state index contributed by atoms with van der Waals surface area (Å²) >= 11 is 0. The summed E-state index contributed by atoms with van der Waals surface area (Å²) in [6.45, 7) is -1.66. The summed E-state index contributed by atoms with van der Waals surface area (Å²) < 4.78 is 65.1.